The van der Waals surface area contributed by atoms with E-state index in [0.717, 1.165) is 5.56 Å². The Hall–Kier alpha value is -2.40. The average molecular weight is 336 g/mol. The van der Waals surface area contributed by atoms with Gasteiger partial charge < -0.3 is 19.5 Å². The van der Waals surface area contributed by atoms with Gasteiger partial charge in [0, 0.05) is 5.69 Å². The molecule has 0 spiro atoms. The van der Waals surface area contributed by atoms with E-state index in [1.807, 2.05) is 6.07 Å². The minimum Gasteiger partial charge on any atom is -0.495 e. The van der Waals surface area contributed by atoms with Crippen LogP contribution in [0.5, 0.6) is 17.2 Å². The topological polar surface area (TPSA) is 56.8 Å². The van der Waals surface area contributed by atoms with E-state index >= 15 is 0 Å². The maximum absolute atomic E-state index is 12.1. The number of halogens is 1. The number of carbonyl (C=O) groups excluding carboxylic acids is 1. The Kier molecular flexibility index (Phi) is 5.71. The second kappa shape index (κ2) is 7.74. The van der Waals surface area contributed by atoms with Gasteiger partial charge >= 0.3 is 0 Å². The molecule has 1 N–H and O–H groups in total. The largest absolute Gasteiger partial charge is 0.495 e. The Balaban J connectivity index is 2.06. The predicted molar refractivity (Wildman–Crippen MR) is 89.9 cm³/mol. The fourth-order valence-corrected chi connectivity index (χ4v) is 2.38. The molecule has 0 fully saturated rings. The van der Waals surface area contributed by atoms with Gasteiger partial charge in [0.05, 0.1) is 32.8 Å². The smallest absolute Gasteiger partial charge is 0.228 e. The van der Waals surface area contributed by atoms with E-state index in [4.69, 9.17) is 25.8 Å². The molecule has 5 nitrogen and oxygen atoms in total. The summed E-state index contributed by atoms with van der Waals surface area (Å²) in [4.78, 5) is 12.1. The van der Waals surface area contributed by atoms with Gasteiger partial charge in [-0.3, -0.25) is 4.79 Å². The molecule has 0 aliphatic heterocycles. The van der Waals surface area contributed by atoms with Gasteiger partial charge in [0.15, 0.2) is 11.5 Å². The second-order valence-corrected chi connectivity index (χ2v) is 5.17. The second-order valence-electron chi connectivity index (χ2n) is 4.76. The van der Waals surface area contributed by atoms with Crippen LogP contribution in [0.1, 0.15) is 5.56 Å². The summed E-state index contributed by atoms with van der Waals surface area (Å²) in [5.41, 5.74) is 1.43. The van der Waals surface area contributed by atoms with Crippen molar-refractivity contribution in [1.82, 2.24) is 0 Å². The molecule has 0 atom stereocenters. The number of amides is 1. The molecule has 0 radical (unpaired) electrons. The lowest BCUT2D eigenvalue weighted by Crippen LogP contribution is -2.14. The molecule has 0 aliphatic rings. The quantitative estimate of drug-likeness (QED) is 0.877. The lowest BCUT2D eigenvalue weighted by molar-refractivity contribution is -0.115. The van der Waals surface area contributed by atoms with Crippen LogP contribution in [0.4, 0.5) is 5.69 Å². The minimum absolute atomic E-state index is 0.154. The van der Waals surface area contributed by atoms with Crippen LogP contribution < -0.4 is 19.5 Å². The predicted octanol–water partition coefficient (Wildman–Crippen LogP) is 3.55. The molecule has 6 heteroatoms. The molecule has 0 aromatic heterocycles. The molecular weight excluding hydrogens is 318 g/mol. The van der Waals surface area contributed by atoms with Gasteiger partial charge in [-0.25, -0.2) is 0 Å². The molecule has 2 rings (SSSR count). The summed E-state index contributed by atoms with van der Waals surface area (Å²) >= 11 is 6.04. The molecule has 0 bridgehead atoms. The summed E-state index contributed by atoms with van der Waals surface area (Å²) < 4.78 is 15.5. The van der Waals surface area contributed by atoms with Gasteiger partial charge in [0.25, 0.3) is 0 Å². The van der Waals surface area contributed by atoms with E-state index in [2.05, 4.69) is 5.32 Å². The first-order valence-corrected chi connectivity index (χ1v) is 7.29. The Morgan fingerprint density at radius 1 is 0.957 bits per heavy atom. The van der Waals surface area contributed by atoms with Crippen LogP contribution in [0, 0.1) is 0 Å². The zero-order chi connectivity index (χ0) is 16.8. The van der Waals surface area contributed by atoms with Crippen molar-refractivity contribution >= 4 is 23.2 Å². The van der Waals surface area contributed by atoms with E-state index in [9.17, 15) is 4.79 Å². The maximum Gasteiger partial charge on any atom is 0.228 e. The Bertz CT molecular complexity index is 703. The van der Waals surface area contributed by atoms with Crippen LogP contribution in [0.2, 0.25) is 5.02 Å². The fraction of sp³-hybridized carbons (Fsp3) is 0.235. The minimum atomic E-state index is -0.154. The maximum atomic E-state index is 12.1. The van der Waals surface area contributed by atoms with Gasteiger partial charge in [-0.1, -0.05) is 17.7 Å². The van der Waals surface area contributed by atoms with Crippen LogP contribution >= 0.6 is 11.6 Å². The third kappa shape index (κ3) is 4.29. The first kappa shape index (κ1) is 17.0. The number of anilines is 1. The van der Waals surface area contributed by atoms with Crippen molar-refractivity contribution in [1.29, 1.82) is 0 Å². The molecule has 2 aromatic carbocycles. The third-order valence-corrected chi connectivity index (χ3v) is 3.54. The zero-order valence-corrected chi connectivity index (χ0v) is 13.9. The monoisotopic (exact) mass is 335 g/mol. The lowest BCUT2D eigenvalue weighted by Gasteiger charge is -2.10. The summed E-state index contributed by atoms with van der Waals surface area (Å²) in [7, 11) is 4.66. The highest BCUT2D eigenvalue weighted by molar-refractivity contribution is 6.32. The molecule has 0 aliphatic carbocycles. The zero-order valence-electron chi connectivity index (χ0n) is 13.2. The first-order chi connectivity index (χ1) is 11.1. The number of benzene rings is 2. The van der Waals surface area contributed by atoms with E-state index in [1.165, 1.54) is 7.11 Å². The van der Waals surface area contributed by atoms with Crippen molar-refractivity contribution < 1.29 is 19.0 Å². The molecule has 0 heterocycles. The van der Waals surface area contributed by atoms with Crippen LogP contribution in [0.3, 0.4) is 0 Å². The molecule has 122 valence electrons. The number of hydrogen-bond donors (Lipinski definition) is 1. The number of rotatable bonds is 6. The van der Waals surface area contributed by atoms with E-state index in [1.54, 1.807) is 44.6 Å². The van der Waals surface area contributed by atoms with Gasteiger partial charge in [-0.2, -0.15) is 0 Å². The number of hydrogen-bond acceptors (Lipinski definition) is 4. The van der Waals surface area contributed by atoms with E-state index in [0.29, 0.717) is 28.0 Å². The van der Waals surface area contributed by atoms with Gasteiger partial charge in [0.1, 0.15) is 5.75 Å². The molecule has 0 unspecified atom stereocenters. The number of nitrogens with one attached hydrogen (secondary N) is 1. The van der Waals surface area contributed by atoms with Crippen molar-refractivity contribution in [2.24, 2.45) is 0 Å². The van der Waals surface area contributed by atoms with Gasteiger partial charge in [-0.05, 0) is 35.9 Å². The van der Waals surface area contributed by atoms with Crippen molar-refractivity contribution in [2.45, 2.75) is 6.42 Å². The van der Waals surface area contributed by atoms with Crippen LogP contribution in [0.25, 0.3) is 0 Å². The Labute approximate surface area is 140 Å². The normalized spacial score (nSPS) is 10.1. The number of methoxy groups -OCH3 is 3. The molecule has 23 heavy (non-hydrogen) atoms. The first-order valence-electron chi connectivity index (χ1n) is 6.91. The van der Waals surface area contributed by atoms with Crippen molar-refractivity contribution in [3.63, 3.8) is 0 Å². The molecular formula is C17H18ClNO4. The summed E-state index contributed by atoms with van der Waals surface area (Å²) in [6, 6.07) is 10.4. The molecule has 2 aromatic rings. The average Bonchev–Trinajstić information content (AvgIpc) is 2.54. The molecule has 0 saturated carbocycles. The van der Waals surface area contributed by atoms with Crippen molar-refractivity contribution in [3.8, 4) is 17.2 Å². The van der Waals surface area contributed by atoms with Crippen LogP contribution in [-0.4, -0.2) is 27.2 Å². The van der Waals surface area contributed by atoms with Crippen molar-refractivity contribution in [3.05, 3.63) is 47.0 Å². The highest BCUT2D eigenvalue weighted by Gasteiger charge is 2.10. The standard InChI is InChI=1S/C17H18ClNO4/c1-21-14-7-5-12(10-13(14)18)19-17(20)9-11-4-6-15(22-2)16(8-11)23-3/h4-8,10H,9H2,1-3H3,(H,19,20). The molecule has 1 amide bonds. The number of ether oxygens (including phenoxy) is 3. The Morgan fingerprint density at radius 2 is 1.61 bits per heavy atom. The van der Waals surface area contributed by atoms with E-state index in [-0.39, 0.29) is 12.3 Å². The summed E-state index contributed by atoms with van der Waals surface area (Å²) in [6.45, 7) is 0. The van der Waals surface area contributed by atoms with Crippen molar-refractivity contribution in [2.75, 3.05) is 26.6 Å². The SMILES string of the molecule is COc1ccc(NC(=O)Cc2ccc(OC)c(OC)c2)cc1Cl. The number of carbonyl (C=O) groups is 1. The van der Waals surface area contributed by atoms with Gasteiger partial charge in [0.2, 0.25) is 5.91 Å². The summed E-state index contributed by atoms with van der Waals surface area (Å²) in [6.07, 6.45) is 0.212. The fourth-order valence-electron chi connectivity index (χ4n) is 2.13. The molecule has 0 saturated heterocycles. The van der Waals surface area contributed by atoms with Crippen LogP contribution in [-0.2, 0) is 11.2 Å². The highest BCUT2D eigenvalue weighted by atomic mass is 35.5. The lowest BCUT2D eigenvalue weighted by atomic mass is 10.1. The highest BCUT2D eigenvalue weighted by Crippen LogP contribution is 2.29. The van der Waals surface area contributed by atoms with Crippen LogP contribution in [0.15, 0.2) is 36.4 Å². The summed E-state index contributed by atoms with van der Waals surface area (Å²) in [5, 5.41) is 3.24. The summed E-state index contributed by atoms with van der Waals surface area (Å²) in [5.74, 6) is 1.62. The Morgan fingerprint density at radius 3 is 2.22 bits per heavy atom. The third-order valence-electron chi connectivity index (χ3n) is 3.25. The van der Waals surface area contributed by atoms with Gasteiger partial charge in [-0.15, -0.1) is 0 Å². The van der Waals surface area contributed by atoms with E-state index < -0.39 is 0 Å².